The van der Waals surface area contributed by atoms with Crippen LogP contribution in [0.15, 0.2) is 29.6 Å². The highest BCUT2D eigenvalue weighted by Crippen LogP contribution is 2.23. The molecule has 0 spiro atoms. The number of likely N-dealkylation sites (tertiary alicyclic amines) is 1. The minimum Gasteiger partial charge on any atom is -0.343 e. The molecule has 0 unspecified atom stereocenters. The first kappa shape index (κ1) is 20.8. The van der Waals surface area contributed by atoms with Crippen LogP contribution >= 0.6 is 22.9 Å². The summed E-state index contributed by atoms with van der Waals surface area (Å²) in [7, 11) is 0. The number of rotatable bonds is 6. The number of carbonyl (C=O) groups excluding carboxylic acids is 2. The molecule has 1 fully saturated rings. The van der Waals surface area contributed by atoms with Crippen LogP contribution in [0.25, 0.3) is 0 Å². The molecule has 0 saturated carbocycles. The quantitative estimate of drug-likeness (QED) is 0.748. The molecule has 0 aliphatic carbocycles. The lowest BCUT2D eigenvalue weighted by Crippen LogP contribution is -2.38. The van der Waals surface area contributed by atoms with Gasteiger partial charge in [0.15, 0.2) is 5.13 Å². The molecule has 1 aromatic carbocycles. The van der Waals surface area contributed by atoms with E-state index in [1.807, 2.05) is 5.38 Å². The molecule has 1 aliphatic rings. The first-order valence-corrected chi connectivity index (χ1v) is 10.6. The van der Waals surface area contributed by atoms with Gasteiger partial charge < -0.3 is 10.6 Å². The van der Waals surface area contributed by atoms with E-state index in [4.69, 9.17) is 11.6 Å². The van der Waals surface area contributed by atoms with Crippen molar-refractivity contribution in [3.63, 3.8) is 0 Å². The number of anilines is 1. The van der Waals surface area contributed by atoms with Crippen LogP contribution in [0.4, 0.5) is 5.13 Å². The number of benzene rings is 1. The van der Waals surface area contributed by atoms with Crippen LogP contribution < -0.4 is 10.6 Å². The maximum absolute atomic E-state index is 12.1. The van der Waals surface area contributed by atoms with Crippen molar-refractivity contribution in [2.45, 2.75) is 26.8 Å². The summed E-state index contributed by atoms with van der Waals surface area (Å²) in [5.74, 6) is 0.778. The molecule has 2 heterocycles. The van der Waals surface area contributed by atoms with Crippen molar-refractivity contribution in [3.8, 4) is 0 Å². The SMILES string of the molecule is C[C@@H]1C[C@H](C)CN(Cc2csc(NC(=O)CNC(=O)c3ccc(Cl)cc3)n2)C1. The standard InChI is InChI=1S/C20H25ClN4O2S/c1-13-7-14(2)10-25(9-13)11-17-12-28-20(23-17)24-18(26)8-22-19(27)15-3-5-16(21)6-4-15/h3-6,12-14H,7-11H2,1-2H3,(H,22,27)(H,23,24,26)/t13-,14+. The normalized spacial score (nSPS) is 20.0. The lowest BCUT2D eigenvalue weighted by molar-refractivity contribution is -0.115. The zero-order valence-corrected chi connectivity index (χ0v) is 17.6. The summed E-state index contributed by atoms with van der Waals surface area (Å²) in [6, 6.07) is 6.50. The fraction of sp³-hybridized carbons (Fsp3) is 0.450. The van der Waals surface area contributed by atoms with Crippen LogP contribution in [0.5, 0.6) is 0 Å². The highest BCUT2D eigenvalue weighted by atomic mass is 35.5. The van der Waals surface area contributed by atoms with Gasteiger partial charge in [-0.15, -0.1) is 11.3 Å². The van der Waals surface area contributed by atoms with E-state index in [0.717, 1.165) is 25.3 Å². The Hall–Kier alpha value is -1.96. The zero-order valence-electron chi connectivity index (χ0n) is 16.1. The Bertz CT molecular complexity index is 814. The summed E-state index contributed by atoms with van der Waals surface area (Å²) in [5, 5.41) is 8.43. The van der Waals surface area contributed by atoms with E-state index >= 15 is 0 Å². The van der Waals surface area contributed by atoms with Crippen molar-refractivity contribution in [1.82, 2.24) is 15.2 Å². The molecule has 1 saturated heterocycles. The smallest absolute Gasteiger partial charge is 0.251 e. The average molecular weight is 421 g/mol. The van der Waals surface area contributed by atoms with Gasteiger partial charge in [-0.1, -0.05) is 25.4 Å². The van der Waals surface area contributed by atoms with E-state index in [9.17, 15) is 9.59 Å². The molecule has 2 atom stereocenters. The van der Waals surface area contributed by atoms with E-state index in [-0.39, 0.29) is 18.4 Å². The van der Waals surface area contributed by atoms with Gasteiger partial charge in [-0.25, -0.2) is 4.98 Å². The van der Waals surface area contributed by atoms with Crippen molar-refractivity contribution < 1.29 is 9.59 Å². The highest BCUT2D eigenvalue weighted by Gasteiger charge is 2.22. The van der Waals surface area contributed by atoms with E-state index in [2.05, 4.69) is 34.4 Å². The van der Waals surface area contributed by atoms with Crippen LogP contribution in [-0.2, 0) is 11.3 Å². The van der Waals surface area contributed by atoms with Crippen molar-refractivity contribution in [3.05, 3.63) is 45.9 Å². The molecule has 6 nitrogen and oxygen atoms in total. The Labute approximate surface area is 174 Å². The van der Waals surface area contributed by atoms with Crippen LogP contribution in [-0.4, -0.2) is 41.3 Å². The fourth-order valence-corrected chi connectivity index (χ4v) is 4.46. The molecule has 150 valence electrons. The van der Waals surface area contributed by atoms with E-state index in [1.54, 1.807) is 24.3 Å². The maximum atomic E-state index is 12.1. The lowest BCUT2D eigenvalue weighted by atomic mass is 9.92. The van der Waals surface area contributed by atoms with E-state index in [0.29, 0.717) is 27.6 Å². The Morgan fingerprint density at radius 2 is 1.89 bits per heavy atom. The van der Waals surface area contributed by atoms with Crippen molar-refractivity contribution in [2.24, 2.45) is 11.8 Å². The van der Waals surface area contributed by atoms with E-state index in [1.165, 1.54) is 17.8 Å². The number of carbonyl (C=O) groups is 2. The van der Waals surface area contributed by atoms with Gasteiger partial charge in [0.1, 0.15) is 0 Å². The summed E-state index contributed by atoms with van der Waals surface area (Å²) in [6.45, 7) is 7.42. The maximum Gasteiger partial charge on any atom is 0.251 e. The molecular formula is C20H25ClN4O2S. The summed E-state index contributed by atoms with van der Waals surface area (Å²) < 4.78 is 0. The summed E-state index contributed by atoms with van der Waals surface area (Å²) >= 11 is 7.21. The second-order valence-electron chi connectivity index (χ2n) is 7.52. The molecule has 1 aromatic heterocycles. The number of hydrogen-bond donors (Lipinski definition) is 2. The van der Waals surface area contributed by atoms with Crippen LogP contribution in [0, 0.1) is 11.8 Å². The van der Waals surface area contributed by atoms with Gasteiger partial charge in [0.05, 0.1) is 12.2 Å². The molecule has 2 N–H and O–H groups in total. The Morgan fingerprint density at radius 1 is 1.21 bits per heavy atom. The molecule has 8 heteroatoms. The van der Waals surface area contributed by atoms with Gasteiger partial charge in [0.2, 0.25) is 5.91 Å². The molecule has 28 heavy (non-hydrogen) atoms. The van der Waals surface area contributed by atoms with Crippen LogP contribution in [0.1, 0.15) is 36.3 Å². The number of nitrogens with zero attached hydrogens (tertiary/aromatic N) is 2. The number of thiazole rings is 1. The summed E-state index contributed by atoms with van der Waals surface area (Å²) in [4.78, 5) is 31.1. The predicted octanol–water partition coefficient (Wildman–Crippen LogP) is 3.64. The van der Waals surface area contributed by atoms with Crippen molar-refractivity contribution >= 4 is 39.9 Å². The van der Waals surface area contributed by atoms with Crippen molar-refractivity contribution in [2.75, 3.05) is 25.0 Å². The summed E-state index contributed by atoms with van der Waals surface area (Å²) in [5.41, 5.74) is 1.42. The van der Waals surface area contributed by atoms with Crippen molar-refractivity contribution in [1.29, 1.82) is 0 Å². The second-order valence-corrected chi connectivity index (χ2v) is 8.82. The number of nitrogens with one attached hydrogen (secondary N) is 2. The Balaban J connectivity index is 1.46. The lowest BCUT2D eigenvalue weighted by Gasteiger charge is -2.34. The molecule has 0 radical (unpaired) electrons. The highest BCUT2D eigenvalue weighted by molar-refractivity contribution is 7.13. The Morgan fingerprint density at radius 3 is 2.57 bits per heavy atom. The van der Waals surface area contributed by atoms with Gasteiger partial charge in [-0.05, 0) is 42.5 Å². The minimum atomic E-state index is -0.319. The number of piperidine rings is 1. The van der Waals surface area contributed by atoms with Crippen LogP contribution in [0.2, 0.25) is 5.02 Å². The third-order valence-corrected chi connectivity index (χ3v) is 5.70. The molecule has 2 amide bonds. The van der Waals surface area contributed by atoms with Gasteiger partial charge in [-0.3, -0.25) is 14.5 Å². The first-order valence-electron chi connectivity index (χ1n) is 9.39. The number of halogens is 1. The average Bonchev–Trinajstić information content (AvgIpc) is 3.06. The second kappa shape index (κ2) is 9.49. The largest absolute Gasteiger partial charge is 0.343 e. The van der Waals surface area contributed by atoms with Gasteiger partial charge >= 0.3 is 0 Å². The van der Waals surface area contributed by atoms with Gasteiger partial charge in [0.25, 0.3) is 5.91 Å². The topological polar surface area (TPSA) is 74.3 Å². The molecule has 2 aromatic rings. The molecular weight excluding hydrogens is 396 g/mol. The predicted molar refractivity (Wildman–Crippen MR) is 113 cm³/mol. The third kappa shape index (κ3) is 6.02. The van der Waals surface area contributed by atoms with Crippen LogP contribution in [0.3, 0.4) is 0 Å². The monoisotopic (exact) mass is 420 g/mol. The number of aromatic nitrogens is 1. The van der Waals surface area contributed by atoms with E-state index < -0.39 is 0 Å². The number of hydrogen-bond acceptors (Lipinski definition) is 5. The fourth-order valence-electron chi connectivity index (χ4n) is 3.61. The summed E-state index contributed by atoms with van der Waals surface area (Å²) in [6.07, 6.45) is 1.27. The first-order chi connectivity index (χ1) is 13.4. The number of amides is 2. The molecule has 1 aliphatic heterocycles. The van der Waals surface area contributed by atoms with Gasteiger partial charge in [0, 0.05) is 35.6 Å². The minimum absolute atomic E-state index is 0.114. The molecule has 0 bridgehead atoms. The Kier molecular flexibility index (Phi) is 7.04. The molecule has 3 rings (SSSR count). The third-order valence-electron chi connectivity index (χ3n) is 4.64. The zero-order chi connectivity index (χ0) is 20.1. The van der Waals surface area contributed by atoms with Gasteiger partial charge in [-0.2, -0.15) is 0 Å².